The van der Waals surface area contributed by atoms with Gasteiger partial charge in [0, 0.05) is 5.39 Å². The minimum Gasteiger partial charge on any atom is -0.447 e. The summed E-state index contributed by atoms with van der Waals surface area (Å²) in [5.74, 6) is 0. The van der Waals surface area contributed by atoms with Gasteiger partial charge in [-0.2, -0.15) is 0 Å². The monoisotopic (exact) mass is 315 g/mol. The van der Waals surface area contributed by atoms with Gasteiger partial charge in [-0.05, 0) is 23.8 Å². The molecule has 4 heteroatoms. The van der Waals surface area contributed by atoms with E-state index in [-0.39, 0.29) is 18.1 Å². The molecule has 2 aromatic carbocycles. The number of carbonyl (C=O) groups is 1. The van der Waals surface area contributed by atoms with Gasteiger partial charge in [0.15, 0.2) is 0 Å². The van der Waals surface area contributed by atoms with Gasteiger partial charge in [-0.15, -0.1) is 0 Å². The van der Waals surface area contributed by atoms with Crippen molar-refractivity contribution in [2.75, 3.05) is 18.5 Å². The lowest BCUT2D eigenvalue weighted by atomic mass is 9.90. The molecule has 0 spiro atoms. The average molecular weight is 315 g/mol. The zero-order valence-corrected chi connectivity index (χ0v) is 14.3. The Morgan fingerprint density at radius 2 is 1.78 bits per heavy atom. The Morgan fingerprint density at radius 3 is 2.52 bits per heavy atom. The van der Waals surface area contributed by atoms with E-state index in [1.807, 2.05) is 49.4 Å². The molecular formula is C19H25NO3. The van der Waals surface area contributed by atoms with Crippen LogP contribution in [0, 0.1) is 5.41 Å². The quantitative estimate of drug-likeness (QED) is 0.803. The van der Waals surface area contributed by atoms with Gasteiger partial charge in [0.05, 0.1) is 18.4 Å². The van der Waals surface area contributed by atoms with Crippen LogP contribution in [-0.4, -0.2) is 25.4 Å². The average Bonchev–Trinajstić information content (AvgIpc) is 2.51. The van der Waals surface area contributed by atoms with Crippen molar-refractivity contribution >= 4 is 22.6 Å². The lowest BCUT2D eigenvalue weighted by Crippen LogP contribution is -2.28. The first-order valence-electron chi connectivity index (χ1n) is 7.91. The van der Waals surface area contributed by atoms with Gasteiger partial charge in [-0.1, -0.05) is 57.2 Å². The fourth-order valence-electron chi connectivity index (χ4n) is 2.09. The van der Waals surface area contributed by atoms with Crippen LogP contribution >= 0.6 is 0 Å². The van der Waals surface area contributed by atoms with E-state index in [4.69, 9.17) is 9.47 Å². The maximum absolute atomic E-state index is 11.9. The first kappa shape index (κ1) is 17.3. The molecule has 0 aromatic heterocycles. The van der Waals surface area contributed by atoms with Crippen LogP contribution in [0.3, 0.4) is 0 Å². The number of benzene rings is 2. The van der Waals surface area contributed by atoms with Crippen LogP contribution in [0.5, 0.6) is 0 Å². The third-order valence-electron chi connectivity index (χ3n) is 3.93. The van der Waals surface area contributed by atoms with Crippen LogP contribution in [0.1, 0.15) is 27.7 Å². The summed E-state index contributed by atoms with van der Waals surface area (Å²) in [6.45, 7) is 9.00. The molecule has 1 N–H and O–H groups in total. The molecule has 4 nitrogen and oxygen atoms in total. The van der Waals surface area contributed by atoms with Crippen molar-refractivity contribution in [2.24, 2.45) is 5.41 Å². The Kier molecular flexibility index (Phi) is 5.61. The highest BCUT2D eigenvalue weighted by Gasteiger charge is 2.20. The van der Waals surface area contributed by atoms with E-state index in [2.05, 4.69) is 26.1 Å². The molecule has 1 unspecified atom stereocenters. The Balaban J connectivity index is 1.83. The predicted molar refractivity (Wildman–Crippen MR) is 93.8 cm³/mol. The van der Waals surface area contributed by atoms with Crippen molar-refractivity contribution in [3.8, 4) is 0 Å². The van der Waals surface area contributed by atoms with Crippen LogP contribution in [0.4, 0.5) is 10.5 Å². The van der Waals surface area contributed by atoms with Crippen LogP contribution in [-0.2, 0) is 9.47 Å². The van der Waals surface area contributed by atoms with E-state index in [9.17, 15) is 4.79 Å². The number of ether oxygens (including phenoxy) is 2. The molecule has 0 saturated heterocycles. The highest BCUT2D eigenvalue weighted by atomic mass is 16.6. The molecule has 0 aliphatic rings. The summed E-state index contributed by atoms with van der Waals surface area (Å²) >= 11 is 0. The number of nitrogens with one attached hydrogen (secondary N) is 1. The number of fused-ring (bicyclic) bond motifs is 1. The number of amides is 1. The Morgan fingerprint density at radius 1 is 1.09 bits per heavy atom. The molecule has 2 rings (SSSR count). The van der Waals surface area contributed by atoms with Crippen molar-refractivity contribution in [3.63, 3.8) is 0 Å². The second-order valence-corrected chi connectivity index (χ2v) is 6.67. The van der Waals surface area contributed by atoms with Crippen LogP contribution in [0.2, 0.25) is 0 Å². The Hall–Kier alpha value is -2.07. The van der Waals surface area contributed by atoms with Crippen molar-refractivity contribution in [2.45, 2.75) is 33.8 Å². The number of anilines is 1. The largest absolute Gasteiger partial charge is 0.447 e. The molecule has 1 amide bonds. The molecule has 0 bridgehead atoms. The van der Waals surface area contributed by atoms with Crippen LogP contribution in [0.15, 0.2) is 42.5 Å². The molecule has 1 atom stereocenters. The second-order valence-electron chi connectivity index (χ2n) is 6.67. The first-order valence-corrected chi connectivity index (χ1v) is 7.91. The molecule has 0 heterocycles. The zero-order chi connectivity index (χ0) is 16.9. The SMILES string of the molecule is CC(OCCOC(=O)Nc1cccc2ccccc12)C(C)(C)C. The van der Waals surface area contributed by atoms with Crippen molar-refractivity contribution in [3.05, 3.63) is 42.5 Å². The fourth-order valence-corrected chi connectivity index (χ4v) is 2.09. The molecule has 0 aliphatic carbocycles. The summed E-state index contributed by atoms with van der Waals surface area (Å²) in [5, 5.41) is 4.85. The summed E-state index contributed by atoms with van der Waals surface area (Å²) < 4.78 is 10.9. The number of rotatable bonds is 5. The topological polar surface area (TPSA) is 47.6 Å². The fraction of sp³-hybridized carbons (Fsp3) is 0.421. The molecular weight excluding hydrogens is 290 g/mol. The highest BCUT2D eigenvalue weighted by Crippen LogP contribution is 2.23. The van der Waals surface area contributed by atoms with Gasteiger partial charge in [0.2, 0.25) is 0 Å². The molecule has 0 saturated carbocycles. The molecule has 0 aliphatic heterocycles. The van der Waals surface area contributed by atoms with Gasteiger partial charge >= 0.3 is 6.09 Å². The zero-order valence-electron chi connectivity index (χ0n) is 14.3. The third-order valence-corrected chi connectivity index (χ3v) is 3.93. The third kappa shape index (κ3) is 4.96. The maximum atomic E-state index is 11.9. The van der Waals surface area contributed by atoms with E-state index in [0.717, 1.165) is 16.5 Å². The van der Waals surface area contributed by atoms with E-state index < -0.39 is 6.09 Å². The van der Waals surface area contributed by atoms with E-state index in [1.54, 1.807) is 0 Å². The molecule has 0 radical (unpaired) electrons. The van der Waals surface area contributed by atoms with Crippen molar-refractivity contribution in [1.82, 2.24) is 0 Å². The summed E-state index contributed by atoms with van der Waals surface area (Å²) in [4.78, 5) is 11.9. The first-order chi connectivity index (χ1) is 10.9. The van der Waals surface area contributed by atoms with Gasteiger partial charge in [0.25, 0.3) is 0 Å². The minimum atomic E-state index is -0.464. The highest BCUT2D eigenvalue weighted by molar-refractivity contribution is 6.00. The van der Waals surface area contributed by atoms with Crippen molar-refractivity contribution in [1.29, 1.82) is 0 Å². The van der Waals surface area contributed by atoms with Crippen molar-refractivity contribution < 1.29 is 14.3 Å². The summed E-state index contributed by atoms with van der Waals surface area (Å²) in [6.07, 6.45) is -0.361. The molecule has 2 aromatic rings. The smallest absolute Gasteiger partial charge is 0.411 e. The number of hydrogen-bond acceptors (Lipinski definition) is 3. The van der Waals surface area contributed by atoms with Gasteiger partial charge < -0.3 is 9.47 Å². The predicted octanol–water partition coefficient (Wildman–Crippen LogP) is 4.84. The standard InChI is InChI=1S/C19H25NO3/c1-14(19(2,3)4)22-12-13-23-18(21)20-17-11-7-9-15-8-5-6-10-16(15)17/h5-11,14H,12-13H2,1-4H3,(H,20,21). The maximum Gasteiger partial charge on any atom is 0.411 e. The van der Waals surface area contributed by atoms with Gasteiger partial charge in [0.1, 0.15) is 6.61 Å². The summed E-state index contributed by atoms with van der Waals surface area (Å²) in [5.41, 5.74) is 0.822. The Labute approximate surface area is 137 Å². The van der Waals surface area contributed by atoms with Gasteiger partial charge in [-0.25, -0.2) is 4.79 Å². The summed E-state index contributed by atoms with van der Waals surface area (Å²) in [7, 11) is 0. The lowest BCUT2D eigenvalue weighted by molar-refractivity contribution is -0.0212. The minimum absolute atomic E-state index is 0.0746. The van der Waals surface area contributed by atoms with E-state index in [1.165, 1.54) is 0 Å². The lowest BCUT2D eigenvalue weighted by Gasteiger charge is -2.27. The Bertz CT molecular complexity index is 656. The normalized spacial score (nSPS) is 12.9. The van der Waals surface area contributed by atoms with Gasteiger partial charge in [-0.3, -0.25) is 5.32 Å². The molecule has 0 fully saturated rings. The van der Waals surface area contributed by atoms with E-state index >= 15 is 0 Å². The van der Waals surface area contributed by atoms with E-state index in [0.29, 0.717) is 6.61 Å². The second kappa shape index (κ2) is 7.47. The molecule has 23 heavy (non-hydrogen) atoms. The summed E-state index contributed by atoms with van der Waals surface area (Å²) in [6, 6.07) is 13.7. The van der Waals surface area contributed by atoms with Crippen LogP contribution in [0.25, 0.3) is 10.8 Å². The van der Waals surface area contributed by atoms with Crippen LogP contribution < -0.4 is 5.32 Å². The number of carbonyl (C=O) groups excluding carboxylic acids is 1. The number of hydrogen-bond donors (Lipinski definition) is 1. The molecule has 124 valence electrons.